The summed E-state index contributed by atoms with van der Waals surface area (Å²) in [7, 11) is 0. The molecule has 1 amide bonds. The standard InChI is InChI=1S/C16H17F6N2O/c1-10-4-3-5-12(14(15(17,18)19)16(20,21)22)13(10)24-8-6-23(7-9-24)11(2)25/h3-4,14H,6-9H2,1-2H3. The maximum Gasteiger partial charge on any atom is 0.404 e. The lowest BCUT2D eigenvalue weighted by Gasteiger charge is -2.38. The Morgan fingerprint density at radius 2 is 1.60 bits per heavy atom. The van der Waals surface area contributed by atoms with Gasteiger partial charge in [0.15, 0.2) is 5.92 Å². The SMILES string of the molecule is CC(=O)N1CCN(c2c(C(C(F)(F)F)C(F)(F)F)[c]ccc2C)CC1. The van der Waals surface area contributed by atoms with Gasteiger partial charge in [-0.25, -0.2) is 0 Å². The summed E-state index contributed by atoms with van der Waals surface area (Å²) in [6.45, 7) is 3.64. The highest BCUT2D eigenvalue weighted by Gasteiger charge is 2.58. The molecule has 0 saturated carbocycles. The highest BCUT2D eigenvalue weighted by molar-refractivity contribution is 5.73. The average Bonchev–Trinajstić information content (AvgIpc) is 2.44. The molecule has 1 aliphatic rings. The number of alkyl halides is 6. The van der Waals surface area contributed by atoms with Crippen molar-refractivity contribution in [1.29, 1.82) is 0 Å². The molecule has 9 heteroatoms. The predicted octanol–water partition coefficient (Wildman–Crippen LogP) is 3.67. The lowest BCUT2D eigenvalue weighted by Crippen LogP contribution is -2.49. The zero-order chi connectivity index (χ0) is 19.0. The van der Waals surface area contributed by atoms with E-state index in [4.69, 9.17) is 0 Å². The van der Waals surface area contributed by atoms with Gasteiger partial charge >= 0.3 is 12.4 Å². The second-order valence-electron chi connectivity index (χ2n) is 5.93. The molecule has 1 heterocycles. The van der Waals surface area contributed by atoms with Crippen molar-refractivity contribution >= 4 is 11.6 Å². The van der Waals surface area contributed by atoms with Crippen molar-refractivity contribution < 1.29 is 31.1 Å². The van der Waals surface area contributed by atoms with Gasteiger partial charge in [-0.1, -0.05) is 12.1 Å². The number of hydrogen-bond donors (Lipinski definition) is 0. The molecule has 1 radical (unpaired) electrons. The molecule has 3 nitrogen and oxygen atoms in total. The predicted molar refractivity (Wildman–Crippen MR) is 79.3 cm³/mol. The number of hydrogen-bond acceptors (Lipinski definition) is 2. The van der Waals surface area contributed by atoms with Crippen LogP contribution in [0, 0.1) is 13.0 Å². The molecule has 1 aliphatic heterocycles. The molecule has 139 valence electrons. The Kier molecular flexibility index (Phi) is 5.24. The first-order chi connectivity index (χ1) is 11.4. The lowest BCUT2D eigenvalue weighted by atomic mass is 9.93. The lowest BCUT2D eigenvalue weighted by molar-refractivity contribution is -0.253. The first-order valence-electron chi connectivity index (χ1n) is 7.58. The number of amides is 1. The summed E-state index contributed by atoms with van der Waals surface area (Å²) in [5.74, 6) is -3.78. The van der Waals surface area contributed by atoms with E-state index < -0.39 is 23.8 Å². The van der Waals surface area contributed by atoms with Crippen molar-refractivity contribution in [3.8, 4) is 0 Å². The summed E-state index contributed by atoms with van der Waals surface area (Å²) in [5.41, 5.74) is -0.717. The van der Waals surface area contributed by atoms with Gasteiger partial charge in [-0.05, 0) is 18.6 Å². The summed E-state index contributed by atoms with van der Waals surface area (Å²) >= 11 is 0. The fourth-order valence-electron chi connectivity index (χ4n) is 3.01. The number of benzene rings is 1. The largest absolute Gasteiger partial charge is 0.404 e. The fraction of sp³-hybridized carbons (Fsp3) is 0.562. The number of halogens is 6. The number of piperazine rings is 1. The van der Waals surface area contributed by atoms with Crippen LogP contribution in [-0.2, 0) is 4.79 Å². The second kappa shape index (κ2) is 6.76. The van der Waals surface area contributed by atoms with Crippen LogP contribution in [0.4, 0.5) is 32.0 Å². The van der Waals surface area contributed by atoms with Gasteiger partial charge in [-0.3, -0.25) is 4.79 Å². The third-order valence-corrected chi connectivity index (χ3v) is 4.19. The van der Waals surface area contributed by atoms with Crippen molar-refractivity contribution in [2.45, 2.75) is 32.1 Å². The topological polar surface area (TPSA) is 23.6 Å². The minimum absolute atomic E-state index is 0.106. The molecule has 0 aliphatic carbocycles. The number of carbonyl (C=O) groups excluding carboxylic acids is 1. The van der Waals surface area contributed by atoms with Crippen molar-refractivity contribution in [2.75, 3.05) is 31.1 Å². The van der Waals surface area contributed by atoms with Crippen molar-refractivity contribution in [3.05, 3.63) is 29.3 Å². The van der Waals surface area contributed by atoms with E-state index in [9.17, 15) is 31.1 Å². The Labute approximate surface area is 141 Å². The molecule has 1 aromatic rings. The monoisotopic (exact) mass is 367 g/mol. The van der Waals surface area contributed by atoms with Crippen LogP contribution in [0.15, 0.2) is 12.1 Å². The van der Waals surface area contributed by atoms with E-state index in [0.29, 0.717) is 5.56 Å². The Hall–Kier alpha value is -1.93. The van der Waals surface area contributed by atoms with Crippen molar-refractivity contribution in [3.63, 3.8) is 0 Å². The smallest absolute Gasteiger partial charge is 0.368 e. The Morgan fingerprint density at radius 3 is 2.04 bits per heavy atom. The molecule has 0 bridgehead atoms. The second-order valence-corrected chi connectivity index (χ2v) is 5.93. The van der Waals surface area contributed by atoms with E-state index in [-0.39, 0.29) is 37.8 Å². The molecule has 1 fully saturated rings. The summed E-state index contributed by atoms with van der Waals surface area (Å²) in [6, 6.07) is 4.66. The number of carbonyl (C=O) groups is 1. The zero-order valence-corrected chi connectivity index (χ0v) is 13.6. The van der Waals surface area contributed by atoms with Gasteiger partial charge in [0, 0.05) is 44.4 Å². The first kappa shape index (κ1) is 19.4. The minimum Gasteiger partial charge on any atom is -0.368 e. The van der Waals surface area contributed by atoms with Crippen LogP contribution in [0.3, 0.4) is 0 Å². The van der Waals surface area contributed by atoms with Crippen LogP contribution in [0.25, 0.3) is 0 Å². The third kappa shape index (κ3) is 4.19. The summed E-state index contributed by atoms with van der Waals surface area (Å²) in [6.07, 6.45) is -10.9. The van der Waals surface area contributed by atoms with E-state index in [2.05, 4.69) is 6.07 Å². The first-order valence-corrected chi connectivity index (χ1v) is 7.58. The average molecular weight is 367 g/mol. The normalized spacial score (nSPS) is 16.5. The van der Waals surface area contributed by atoms with E-state index in [1.807, 2.05) is 0 Å². The zero-order valence-electron chi connectivity index (χ0n) is 13.6. The van der Waals surface area contributed by atoms with Crippen molar-refractivity contribution in [2.24, 2.45) is 0 Å². The Morgan fingerprint density at radius 1 is 1.08 bits per heavy atom. The highest BCUT2D eigenvalue weighted by atomic mass is 19.4. The number of rotatable bonds is 2. The molecule has 1 saturated heterocycles. The summed E-state index contributed by atoms with van der Waals surface area (Å²) in [4.78, 5) is 14.3. The highest BCUT2D eigenvalue weighted by Crippen LogP contribution is 2.49. The maximum absolute atomic E-state index is 13.1. The van der Waals surface area contributed by atoms with Crippen LogP contribution >= 0.6 is 0 Å². The number of nitrogens with zero attached hydrogens (tertiary/aromatic N) is 2. The van der Waals surface area contributed by atoms with E-state index >= 15 is 0 Å². The molecular formula is C16H17F6N2O. The van der Waals surface area contributed by atoms with Gasteiger partial charge in [-0.2, -0.15) is 26.3 Å². The molecule has 2 rings (SSSR count). The summed E-state index contributed by atoms with van der Waals surface area (Å²) in [5, 5.41) is 0. The van der Waals surface area contributed by atoms with Gasteiger partial charge in [0.05, 0.1) is 0 Å². The molecule has 0 unspecified atom stereocenters. The Balaban J connectivity index is 2.45. The van der Waals surface area contributed by atoms with Gasteiger partial charge in [0.25, 0.3) is 0 Å². The third-order valence-electron chi connectivity index (χ3n) is 4.19. The molecule has 0 atom stereocenters. The van der Waals surface area contributed by atoms with E-state index in [0.717, 1.165) is 6.07 Å². The number of aryl methyl sites for hydroxylation is 1. The van der Waals surface area contributed by atoms with Crippen LogP contribution in [0.2, 0.25) is 0 Å². The van der Waals surface area contributed by atoms with Crippen LogP contribution in [0.5, 0.6) is 0 Å². The molecule has 0 spiro atoms. The molecular weight excluding hydrogens is 350 g/mol. The molecule has 1 aromatic carbocycles. The van der Waals surface area contributed by atoms with Crippen LogP contribution in [-0.4, -0.2) is 49.3 Å². The van der Waals surface area contributed by atoms with Gasteiger partial charge in [0.1, 0.15) is 0 Å². The van der Waals surface area contributed by atoms with E-state index in [1.165, 1.54) is 29.7 Å². The van der Waals surface area contributed by atoms with Crippen LogP contribution in [0.1, 0.15) is 24.0 Å². The summed E-state index contributed by atoms with van der Waals surface area (Å²) < 4.78 is 78.8. The van der Waals surface area contributed by atoms with Crippen molar-refractivity contribution in [1.82, 2.24) is 4.90 Å². The van der Waals surface area contributed by atoms with E-state index in [1.54, 1.807) is 0 Å². The molecule has 25 heavy (non-hydrogen) atoms. The maximum atomic E-state index is 13.1. The van der Waals surface area contributed by atoms with Crippen LogP contribution < -0.4 is 4.90 Å². The minimum atomic E-state index is -5.47. The van der Waals surface area contributed by atoms with Gasteiger partial charge in [-0.15, -0.1) is 0 Å². The Bertz CT molecular complexity index is 618. The van der Waals surface area contributed by atoms with Gasteiger partial charge in [0.2, 0.25) is 5.91 Å². The molecule has 0 aromatic heterocycles. The van der Waals surface area contributed by atoms with Gasteiger partial charge < -0.3 is 9.80 Å². The number of anilines is 1. The fourth-order valence-corrected chi connectivity index (χ4v) is 3.01. The molecule has 0 N–H and O–H groups in total. The quantitative estimate of drug-likeness (QED) is 0.745.